The first-order valence-electron chi connectivity index (χ1n) is 8.92. The molecule has 0 aliphatic carbocycles. The van der Waals surface area contributed by atoms with E-state index in [1.165, 1.54) is 0 Å². The number of alkyl carbamates (subject to hydrolysis) is 1. The number of hydrogen-bond donors (Lipinski definition) is 3. The van der Waals surface area contributed by atoms with Gasteiger partial charge in [0.25, 0.3) is 0 Å². The summed E-state index contributed by atoms with van der Waals surface area (Å²) in [6.07, 6.45) is -0.401. The van der Waals surface area contributed by atoms with Crippen molar-refractivity contribution in [1.82, 2.24) is 5.32 Å². The van der Waals surface area contributed by atoms with Gasteiger partial charge in [0.1, 0.15) is 12.1 Å². The van der Waals surface area contributed by atoms with E-state index in [0.717, 1.165) is 5.56 Å². The van der Waals surface area contributed by atoms with Crippen LogP contribution in [0.1, 0.15) is 26.3 Å². The van der Waals surface area contributed by atoms with Gasteiger partial charge in [0.2, 0.25) is 11.8 Å². The molecule has 0 atom stereocenters. The lowest BCUT2D eigenvalue weighted by Gasteiger charge is -2.19. The molecule has 0 bridgehead atoms. The third-order valence-corrected chi connectivity index (χ3v) is 3.43. The molecule has 2 aromatic carbocycles. The van der Waals surface area contributed by atoms with E-state index in [1.807, 2.05) is 30.3 Å². The maximum Gasteiger partial charge on any atom is 0.408 e. The van der Waals surface area contributed by atoms with E-state index in [2.05, 4.69) is 16.0 Å². The highest BCUT2D eigenvalue weighted by Gasteiger charge is 2.16. The zero-order valence-electron chi connectivity index (χ0n) is 16.2. The van der Waals surface area contributed by atoms with Crippen LogP contribution in [0.2, 0.25) is 0 Å². The molecule has 0 saturated carbocycles. The number of hydrogen-bond acceptors (Lipinski definition) is 4. The van der Waals surface area contributed by atoms with Gasteiger partial charge in [-0.15, -0.1) is 0 Å². The van der Waals surface area contributed by atoms with E-state index in [0.29, 0.717) is 11.4 Å². The van der Waals surface area contributed by atoms with Gasteiger partial charge in [-0.25, -0.2) is 4.79 Å². The predicted octanol–water partition coefficient (Wildman–Crippen LogP) is 3.33. The van der Waals surface area contributed by atoms with E-state index in [4.69, 9.17) is 4.74 Å². The van der Waals surface area contributed by atoms with E-state index in [9.17, 15) is 14.4 Å². The van der Waals surface area contributed by atoms with Crippen molar-refractivity contribution in [3.63, 3.8) is 0 Å². The highest BCUT2D eigenvalue weighted by atomic mass is 16.6. The van der Waals surface area contributed by atoms with Crippen LogP contribution < -0.4 is 16.0 Å². The molecule has 148 valence electrons. The Kier molecular flexibility index (Phi) is 7.14. The minimum Gasteiger partial charge on any atom is -0.444 e. The maximum atomic E-state index is 12.1. The third-order valence-electron chi connectivity index (χ3n) is 3.43. The second kappa shape index (κ2) is 9.55. The molecule has 0 heterocycles. The van der Waals surface area contributed by atoms with Crippen LogP contribution in [0.3, 0.4) is 0 Å². The van der Waals surface area contributed by atoms with Crippen molar-refractivity contribution < 1.29 is 19.1 Å². The highest BCUT2D eigenvalue weighted by Crippen LogP contribution is 2.15. The Morgan fingerprint density at radius 1 is 0.857 bits per heavy atom. The fourth-order valence-corrected chi connectivity index (χ4v) is 2.33. The van der Waals surface area contributed by atoms with Crippen molar-refractivity contribution in [3.05, 3.63) is 60.2 Å². The molecule has 0 fully saturated rings. The predicted molar refractivity (Wildman–Crippen MR) is 108 cm³/mol. The molecule has 0 spiro atoms. The number of carbonyl (C=O) groups is 3. The van der Waals surface area contributed by atoms with Crippen LogP contribution in [0, 0.1) is 0 Å². The van der Waals surface area contributed by atoms with E-state index >= 15 is 0 Å². The Balaban J connectivity index is 1.84. The molecule has 2 rings (SSSR count). The van der Waals surface area contributed by atoms with Gasteiger partial charge in [-0.05, 0) is 44.5 Å². The fourth-order valence-electron chi connectivity index (χ4n) is 2.33. The Labute approximate surface area is 164 Å². The molecule has 0 aromatic heterocycles. The number of anilines is 2. The molecule has 0 unspecified atom stereocenters. The maximum absolute atomic E-state index is 12.1. The first kappa shape index (κ1) is 21.0. The topological polar surface area (TPSA) is 96.5 Å². The number of carbonyl (C=O) groups excluding carboxylic acids is 3. The van der Waals surface area contributed by atoms with Crippen LogP contribution in [0.4, 0.5) is 16.2 Å². The zero-order chi connectivity index (χ0) is 20.6. The molecule has 0 aliphatic heterocycles. The number of benzene rings is 2. The van der Waals surface area contributed by atoms with Gasteiger partial charge >= 0.3 is 6.09 Å². The summed E-state index contributed by atoms with van der Waals surface area (Å²) in [4.78, 5) is 35.7. The van der Waals surface area contributed by atoms with Gasteiger partial charge in [0.15, 0.2) is 0 Å². The van der Waals surface area contributed by atoms with Gasteiger partial charge in [0, 0.05) is 11.4 Å². The van der Waals surface area contributed by atoms with Crippen molar-refractivity contribution >= 4 is 29.3 Å². The summed E-state index contributed by atoms with van der Waals surface area (Å²) < 4.78 is 5.07. The van der Waals surface area contributed by atoms with Crippen molar-refractivity contribution in [3.8, 4) is 0 Å². The van der Waals surface area contributed by atoms with E-state index < -0.39 is 17.6 Å². The summed E-state index contributed by atoms with van der Waals surface area (Å²) in [6.45, 7) is 5.00. The van der Waals surface area contributed by atoms with Crippen LogP contribution >= 0.6 is 0 Å². The number of ether oxygens (including phenoxy) is 1. The van der Waals surface area contributed by atoms with Crippen LogP contribution in [-0.2, 0) is 20.7 Å². The fraction of sp³-hybridized carbons (Fsp3) is 0.286. The molecular weight excluding hydrogens is 358 g/mol. The normalized spacial score (nSPS) is 10.7. The molecule has 7 heteroatoms. The quantitative estimate of drug-likeness (QED) is 0.713. The summed E-state index contributed by atoms with van der Waals surface area (Å²) in [7, 11) is 0. The van der Waals surface area contributed by atoms with Crippen molar-refractivity contribution in [2.24, 2.45) is 0 Å². The van der Waals surface area contributed by atoms with Crippen LogP contribution in [0.15, 0.2) is 54.6 Å². The third kappa shape index (κ3) is 7.90. The summed E-state index contributed by atoms with van der Waals surface area (Å²) in [6, 6.07) is 16.2. The summed E-state index contributed by atoms with van der Waals surface area (Å²) in [5.41, 5.74) is 1.36. The van der Waals surface area contributed by atoms with E-state index in [-0.39, 0.29) is 18.9 Å². The summed E-state index contributed by atoms with van der Waals surface area (Å²) in [5.74, 6) is -0.556. The summed E-state index contributed by atoms with van der Waals surface area (Å²) in [5, 5.41) is 7.85. The van der Waals surface area contributed by atoms with Gasteiger partial charge in [-0.2, -0.15) is 0 Å². The van der Waals surface area contributed by atoms with Crippen molar-refractivity contribution in [2.75, 3.05) is 17.2 Å². The molecule has 0 radical (unpaired) electrons. The minimum atomic E-state index is -0.662. The smallest absolute Gasteiger partial charge is 0.408 e. The average molecular weight is 383 g/mol. The molecule has 3 N–H and O–H groups in total. The molecule has 2 aromatic rings. The second-order valence-electron chi connectivity index (χ2n) is 7.19. The molecular formula is C21H25N3O4. The Hall–Kier alpha value is -3.35. The van der Waals surface area contributed by atoms with Crippen LogP contribution in [-0.4, -0.2) is 30.1 Å². The second-order valence-corrected chi connectivity index (χ2v) is 7.19. The lowest BCUT2D eigenvalue weighted by molar-refractivity contribution is -0.116. The highest BCUT2D eigenvalue weighted by molar-refractivity contribution is 5.96. The molecule has 7 nitrogen and oxygen atoms in total. The standard InChI is InChI=1S/C21H25N3O4/c1-21(2,3)28-20(27)22-14-19(26)24-17-11-7-10-16(13-17)23-18(25)12-15-8-5-4-6-9-15/h4-11,13H,12,14H2,1-3H3,(H,22,27)(H,23,25)(H,24,26). The SMILES string of the molecule is CC(C)(C)OC(=O)NCC(=O)Nc1cccc(NC(=O)Cc2ccccc2)c1. The Bertz CT molecular complexity index is 829. The largest absolute Gasteiger partial charge is 0.444 e. The van der Waals surface area contributed by atoms with Crippen LogP contribution in [0.5, 0.6) is 0 Å². The van der Waals surface area contributed by atoms with Gasteiger partial charge in [-0.1, -0.05) is 36.4 Å². The Morgan fingerprint density at radius 2 is 1.46 bits per heavy atom. The first-order chi connectivity index (χ1) is 13.2. The van der Waals surface area contributed by atoms with E-state index in [1.54, 1.807) is 45.0 Å². The van der Waals surface area contributed by atoms with Crippen molar-refractivity contribution in [2.45, 2.75) is 32.8 Å². The van der Waals surface area contributed by atoms with Gasteiger partial charge in [0.05, 0.1) is 6.42 Å². The monoisotopic (exact) mass is 383 g/mol. The molecule has 0 aliphatic rings. The van der Waals surface area contributed by atoms with Gasteiger partial charge < -0.3 is 20.7 Å². The number of rotatable bonds is 6. The summed E-state index contributed by atoms with van der Waals surface area (Å²) >= 11 is 0. The van der Waals surface area contributed by atoms with Crippen molar-refractivity contribution in [1.29, 1.82) is 0 Å². The molecule has 0 saturated heterocycles. The number of amides is 3. The van der Waals surface area contributed by atoms with Gasteiger partial charge in [-0.3, -0.25) is 9.59 Å². The Morgan fingerprint density at radius 3 is 2.07 bits per heavy atom. The average Bonchev–Trinajstić information content (AvgIpc) is 2.59. The lowest BCUT2D eigenvalue weighted by Crippen LogP contribution is -2.37. The molecule has 28 heavy (non-hydrogen) atoms. The van der Waals surface area contributed by atoms with Crippen LogP contribution in [0.25, 0.3) is 0 Å². The minimum absolute atomic E-state index is 0.152. The molecule has 3 amide bonds. The lowest BCUT2D eigenvalue weighted by atomic mass is 10.1. The zero-order valence-corrected chi connectivity index (χ0v) is 16.2. The number of nitrogens with one attached hydrogen (secondary N) is 3. The first-order valence-corrected chi connectivity index (χ1v) is 8.92.